The van der Waals surface area contributed by atoms with E-state index < -0.39 is 0 Å². The lowest BCUT2D eigenvalue weighted by atomic mass is 9.33. The molecule has 0 saturated heterocycles. The predicted molar refractivity (Wildman–Crippen MR) is 317 cm³/mol. The summed E-state index contributed by atoms with van der Waals surface area (Å²) in [5.41, 5.74) is 28.1. The fraction of sp³-hybridized carbons (Fsp3) is 0.304. The lowest BCUT2D eigenvalue weighted by molar-refractivity contribution is 0.588. The van der Waals surface area contributed by atoms with Crippen LogP contribution in [-0.4, -0.2) is 11.3 Å². The molecular formula is C69H72BN3. The molecule has 3 heterocycles. The van der Waals surface area contributed by atoms with Crippen LogP contribution in [0.2, 0.25) is 0 Å². The highest BCUT2D eigenvalue weighted by Crippen LogP contribution is 2.56. The van der Waals surface area contributed by atoms with Gasteiger partial charge in [-0.05, 0) is 157 Å². The van der Waals surface area contributed by atoms with Crippen LogP contribution in [0.3, 0.4) is 0 Å². The molecule has 0 unspecified atom stereocenters. The molecule has 0 radical (unpaired) electrons. The van der Waals surface area contributed by atoms with Gasteiger partial charge in [0.05, 0.1) is 22.4 Å². The van der Waals surface area contributed by atoms with Crippen LogP contribution < -0.4 is 26.2 Å². The van der Waals surface area contributed by atoms with Crippen molar-refractivity contribution in [3.63, 3.8) is 0 Å². The summed E-state index contributed by atoms with van der Waals surface area (Å²) in [6.07, 6.45) is 0. The average molecular weight is 954 g/mol. The van der Waals surface area contributed by atoms with Gasteiger partial charge in [0.1, 0.15) is 0 Å². The summed E-state index contributed by atoms with van der Waals surface area (Å²) in [6, 6.07) is 57.2. The average Bonchev–Trinajstić information content (AvgIpc) is 3.77. The Balaban J connectivity index is 1.28. The second-order valence-corrected chi connectivity index (χ2v) is 26.5. The van der Waals surface area contributed by atoms with Crippen molar-refractivity contribution in [2.75, 3.05) is 9.80 Å². The van der Waals surface area contributed by atoms with Crippen LogP contribution in [0.1, 0.15) is 141 Å². The van der Waals surface area contributed by atoms with Gasteiger partial charge in [0.2, 0.25) is 0 Å². The number of anilines is 6. The minimum atomic E-state index is -0.168. The van der Waals surface area contributed by atoms with Gasteiger partial charge in [-0.25, -0.2) is 0 Å². The van der Waals surface area contributed by atoms with E-state index in [4.69, 9.17) is 0 Å². The number of rotatable bonds is 3. The van der Waals surface area contributed by atoms with Crippen molar-refractivity contribution < 1.29 is 0 Å². The van der Waals surface area contributed by atoms with Crippen molar-refractivity contribution in [2.24, 2.45) is 0 Å². The Labute approximate surface area is 436 Å². The van der Waals surface area contributed by atoms with Crippen molar-refractivity contribution >= 4 is 79.0 Å². The van der Waals surface area contributed by atoms with Gasteiger partial charge in [0, 0.05) is 50.2 Å². The molecule has 0 amide bonds. The lowest BCUT2D eigenvalue weighted by Gasteiger charge is -2.46. The summed E-state index contributed by atoms with van der Waals surface area (Å²) in [7, 11) is 0. The molecule has 0 N–H and O–H groups in total. The Morgan fingerprint density at radius 1 is 0.411 bits per heavy atom. The minimum Gasteiger partial charge on any atom is -0.311 e. The summed E-state index contributed by atoms with van der Waals surface area (Å²) in [6.45, 7) is 37.7. The van der Waals surface area contributed by atoms with E-state index in [1.165, 1.54) is 134 Å². The molecule has 0 fully saturated rings. The van der Waals surface area contributed by atoms with E-state index in [1.807, 2.05) is 0 Å². The molecule has 1 aromatic heterocycles. The lowest BCUT2D eigenvalue weighted by Crippen LogP contribution is -2.61. The first kappa shape index (κ1) is 47.2. The molecule has 366 valence electrons. The second kappa shape index (κ2) is 15.6. The van der Waals surface area contributed by atoms with Crippen molar-refractivity contribution in [3.05, 3.63) is 190 Å². The normalized spacial score (nSPS) is 14.9. The van der Waals surface area contributed by atoms with Crippen LogP contribution in [0.5, 0.6) is 0 Å². The first-order chi connectivity index (χ1) is 34.3. The van der Waals surface area contributed by atoms with E-state index in [1.54, 1.807) is 0 Å². The van der Waals surface area contributed by atoms with Gasteiger partial charge in [0.15, 0.2) is 0 Å². The van der Waals surface area contributed by atoms with Crippen LogP contribution in [0, 0.1) is 13.8 Å². The van der Waals surface area contributed by atoms with Gasteiger partial charge in [-0.15, -0.1) is 0 Å². The van der Waals surface area contributed by atoms with Crippen molar-refractivity contribution in [3.8, 4) is 16.8 Å². The van der Waals surface area contributed by atoms with E-state index >= 15 is 0 Å². The van der Waals surface area contributed by atoms with Crippen molar-refractivity contribution in [2.45, 2.75) is 138 Å². The zero-order valence-corrected chi connectivity index (χ0v) is 46.3. The topological polar surface area (TPSA) is 11.4 Å². The molecule has 1 aliphatic carbocycles. The highest BCUT2D eigenvalue weighted by Gasteiger charge is 2.47. The summed E-state index contributed by atoms with van der Waals surface area (Å²) < 4.78 is 2.52. The van der Waals surface area contributed by atoms with Crippen LogP contribution >= 0.6 is 0 Å². The number of hydrogen-bond acceptors (Lipinski definition) is 2. The number of benzene rings is 8. The maximum atomic E-state index is 2.71. The number of fused-ring (bicyclic) bond motifs is 10. The summed E-state index contributed by atoms with van der Waals surface area (Å²) in [5.74, 6) is 0. The zero-order chi connectivity index (χ0) is 51.6. The molecule has 8 aromatic carbocycles. The molecule has 73 heavy (non-hydrogen) atoms. The van der Waals surface area contributed by atoms with E-state index in [-0.39, 0.29) is 33.8 Å². The number of nitrogens with zero attached hydrogens (tertiary/aromatic N) is 3. The molecule has 4 heteroatoms. The number of aromatic nitrogens is 1. The molecule has 3 nitrogen and oxygen atoms in total. The van der Waals surface area contributed by atoms with Gasteiger partial charge in [0.25, 0.3) is 6.71 Å². The Kier molecular flexibility index (Phi) is 10.1. The second-order valence-electron chi connectivity index (χ2n) is 26.5. The summed E-state index contributed by atoms with van der Waals surface area (Å²) in [4.78, 5) is 5.40. The quantitative estimate of drug-likeness (QED) is 0.164. The van der Waals surface area contributed by atoms with Gasteiger partial charge in [-0.2, -0.15) is 0 Å². The predicted octanol–water partition coefficient (Wildman–Crippen LogP) is 17.0. The fourth-order valence-corrected chi connectivity index (χ4v) is 12.9. The zero-order valence-electron chi connectivity index (χ0n) is 46.3. The van der Waals surface area contributed by atoms with Crippen LogP contribution in [-0.2, 0) is 27.1 Å². The molecule has 0 saturated carbocycles. The molecule has 9 aromatic rings. The Morgan fingerprint density at radius 2 is 0.945 bits per heavy atom. The van der Waals surface area contributed by atoms with Gasteiger partial charge in [-0.1, -0.05) is 188 Å². The first-order valence-corrected chi connectivity index (χ1v) is 26.8. The van der Waals surface area contributed by atoms with E-state index in [0.717, 1.165) is 0 Å². The fourth-order valence-electron chi connectivity index (χ4n) is 12.9. The third kappa shape index (κ3) is 7.06. The Bertz CT molecular complexity index is 3760. The monoisotopic (exact) mass is 954 g/mol. The Morgan fingerprint density at radius 3 is 1.60 bits per heavy atom. The summed E-state index contributed by atoms with van der Waals surface area (Å²) >= 11 is 0. The summed E-state index contributed by atoms with van der Waals surface area (Å²) in [5, 5.41) is 2.57. The van der Waals surface area contributed by atoms with Crippen molar-refractivity contribution in [1.82, 2.24) is 4.57 Å². The first-order valence-electron chi connectivity index (χ1n) is 26.8. The molecule has 12 rings (SSSR count). The Hall–Kier alpha value is -6.78. The van der Waals surface area contributed by atoms with E-state index in [0.29, 0.717) is 0 Å². The van der Waals surface area contributed by atoms with Gasteiger partial charge < -0.3 is 14.4 Å². The van der Waals surface area contributed by atoms with Crippen LogP contribution in [0.4, 0.5) is 34.1 Å². The standard InChI is InChI=1S/C69H72BN3/c1-41-33-45(67(9,10)11)34-42(2)64(41)73-58-36-44(66(6,7)8)29-31-53(58)70-54-39-50-49-35-43(65(3,4)5)30-32-55(49)71(47-23-18-17-19-24-47)57(50)40-59(54)72(60-37-46(68(12,13)14)38-61(73)63(60)70)56-28-22-27-52-62(56)48-25-20-21-26-51(48)69(52,15)16/h17-40H,1-16H3. The number of hydrogen-bond donors (Lipinski definition) is 0. The highest BCUT2D eigenvalue weighted by molar-refractivity contribution is 7.00. The molecule has 0 spiro atoms. The molecule has 2 aliphatic heterocycles. The number of para-hydroxylation sites is 1. The largest absolute Gasteiger partial charge is 0.311 e. The molecular weight excluding hydrogens is 882 g/mol. The maximum absolute atomic E-state index is 2.71. The van der Waals surface area contributed by atoms with Gasteiger partial charge >= 0.3 is 0 Å². The number of aryl methyl sites for hydroxylation is 2. The smallest absolute Gasteiger partial charge is 0.252 e. The van der Waals surface area contributed by atoms with Gasteiger partial charge in [-0.3, -0.25) is 0 Å². The molecule has 3 aliphatic rings. The van der Waals surface area contributed by atoms with E-state index in [9.17, 15) is 0 Å². The van der Waals surface area contributed by atoms with Crippen LogP contribution in [0.25, 0.3) is 38.6 Å². The molecule has 0 atom stereocenters. The highest BCUT2D eigenvalue weighted by atomic mass is 15.2. The minimum absolute atomic E-state index is 0.0135. The SMILES string of the molecule is Cc1cc(C(C)(C)C)cc(C)c1N1c2cc(C(C)(C)C)ccc2B2c3cc4c5cc(C(C)(C)C)ccc5n(-c5ccccc5)c4cc3N(c3cccc4c3-c3ccccc3C4(C)C)c3cc(C(C)(C)C)cc1c32. The van der Waals surface area contributed by atoms with Crippen molar-refractivity contribution in [1.29, 1.82) is 0 Å². The third-order valence-electron chi connectivity index (χ3n) is 17.0. The maximum Gasteiger partial charge on any atom is 0.252 e. The molecule has 0 bridgehead atoms. The third-order valence-corrected chi connectivity index (χ3v) is 17.0. The van der Waals surface area contributed by atoms with E-state index in [2.05, 4.69) is 271 Å². The van der Waals surface area contributed by atoms with Crippen LogP contribution in [0.15, 0.2) is 146 Å².